The van der Waals surface area contributed by atoms with Crippen molar-refractivity contribution in [3.05, 3.63) is 29.8 Å². The second-order valence-electron chi connectivity index (χ2n) is 6.30. The van der Waals surface area contributed by atoms with Crippen LogP contribution in [0.3, 0.4) is 0 Å². The van der Waals surface area contributed by atoms with Crippen LogP contribution in [-0.4, -0.2) is 56.3 Å². The van der Waals surface area contributed by atoms with Gasteiger partial charge in [-0.3, -0.25) is 9.59 Å². The number of ketones is 1. The van der Waals surface area contributed by atoms with Gasteiger partial charge < -0.3 is 19.5 Å². The molecule has 2 N–H and O–H groups in total. The molecule has 0 bridgehead atoms. The Labute approximate surface area is 142 Å². The summed E-state index contributed by atoms with van der Waals surface area (Å²) in [6.07, 6.45) is 0.989. The molecular weight excluding hydrogens is 310 g/mol. The van der Waals surface area contributed by atoms with E-state index < -0.39 is 6.10 Å². The minimum Gasteiger partial charge on any atom is -0.491 e. The van der Waals surface area contributed by atoms with Crippen molar-refractivity contribution in [2.45, 2.75) is 25.9 Å². The maximum absolute atomic E-state index is 11.5. The highest BCUT2D eigenvalue weighted by molar-refractivity contribution is 5.94. The first-order valence-electron chi connectivity index (χ1n) is 8.33. The number of hydrogen-bond donors (Lipinski definition) is 2. The van der Waals surface area contributed by atoms with E-state index in [0.717, 1.165) is 25.9 Å². The molecule has 0 spiro atoms. The predicted octanol–water partition coefficient (Wildman–Crippen LogP) is 0.0968. The lowest BCUT2D eigenvalue weighted by Crippen LogP contribution is -3.14. The Balaban J connectivity index is 1.74. The number of benzene rings is 1. The summed E-state index contributed by atoms with van der Waals surface area (Å²) in [4.78, 5) is 24.1. The van der Waals surface area contributed by atoms with Crippen molar-refractivity contribution in [2.75, 3.05) is 33.4 Å². The van der Waals surface area contributed by atoms with Crippen molar-refractivity contribution in [1.29, 1.82) is 0 Å². The fourth-order valence-electron chi connectivity index (χ4n) is 3.02. The lowest BCUT2D eigenvalue weighted by molar-refractivity contribution is -0.908. The Morgan fingerprint density at radius 2 is 2.04 bits per heavy atom. The normalized spacial score (nSPS) is 21.8. The van der Waals surface area contributed by atoms with E-state index in [1.807, 2.05) is 0 Å². The zero-order chi connectivity index (χ0) is 17.5. The third kappa shape index (κ3) is 5.32. The van der Waals surface area contributed by atoms with Crippen molar-refractivity contribution in [2.24, 2.45) is 5.92 Å². The third-order valence-corrected chi connectivity index (χ3v) is 4.43. The number of aliphatic hydroxyl groups excluding tert-OH is 1. The first-order valence-corrected chi connectivity index (χ1v) is 8.33. The minimum absolute atomic E-state index is 0.0125. The first-order chi connectivity index (χ1) is 11.5. The van der Waals surface area contributed by atoms with Crippen LogP contribution in [0.1, 0.15) is 30.1 Å². The monoisotopic (exact) mass is 336 g/mol. The van der Waals surface area contributed by atoms with Gasteiger partial charge in [0.2, 0.25) is 0 Å². The molecule has 1 atom stereocenters. The van der Waals surface area contributed by atoms with E-state index in [9.17, 15) is 14.7 Å². The summed E-state index contributed by atoms with van der Waals surface area (Å²) in [5.41, 5.74) is 0.595. The smallest absolute Gasteiger partial charge is 0.309 e. The van der Waals surface area contributed by atoms with Crippen molar-refractivity contribution < 1.29 is 29.1 Å². The number of hydrogen-bond acceptors (Lipinski definition) is 5. The fraction of sp³-hybridized carbons (Fsp3) is 0.556. The van der Waals surface area contributed by atoms with Gasteiger partial charge in [-0.25, -0.2) is 0 Å². The standard InChI is InChI=1S/C18H25NO5/c1-13(20)15-4-3-5-17(10-15)24-12-16(21)11-19-8-6-14(7-9-19)18(22)23-2/h3-5,10,14,16,21H,6-9,11-12H2,1-2H3/p+1/t16-/m1/s1. The molecule has 0 radical (unpaired) electrons. The molecule has 0 aliphatic carbocycles. The molecule has 6 heteroatoms. The van der Waals surface area contributed by atoms with Gasteiger partial charge in [-0.05, 0) is 19.1 Å². The Hall–Kier alpha value is -1.92. The summed E-state index contributed by atoms with van der Waals surface area (Å²) >= 11 is 0. The molecule has 0 unspecified atom stereocenters. The van der Waals surface area contributed by atoms with Gasteiger partial charge in [0.15, 0.2) is 5.78 Å². The van der Waals surface area contributed by atoms with Gasteiger partial charge in [0.05, 0.1) is 26.1 Å². The van der Waals surface area contributed by atoms with E-state index in [2.05, 4.69) is 0 Å². The number of aliphatic hydroxyl groups is 1. The lowest BCUT2D eigenvalue weighted by atomic mass is 9.97. The molecule has 2 rings (SSSR count). The summed E-state index contributed by atoms with van der Waals surface area (Å²) in [6.45, 7) is 3.97. The number of methoxy groups -OCH3 is 1. The maximum atomic E-state index is 11.5. The average molecular weight is 336 g/mol. The second-order valence-corrected chi connectivity index (χ2v) is 6.30. The van der Waals surface area contributed by atoms with Gasteiger partial charge in [-0.2, -0.15) is 0 Å². The molecule has 1 aromatic rings. The number of ether oxygens (including phenoxy) is 2. The largest absolute Gasteiger partial charge is 0.491 e. The molecule has 1 aliphatic heterocycles. The Morgan fingerprint density at radius 1 is 1.33 bits per heavy atom. The number of esters is 1. The molecule has 1 saturated heterocycles. The molecule has 6 nitrogen and oxygen atoms in total. The Bertz CT molecular complexity index is 566. The topological polar surface area (TPSA) is 77.3 Å². The van der Waals surface area contributed by atoms with Crippen LogP contribution in [0.25, 0.3) is 0 Å². The molecule has 24 heavy (non-hydrogen) atoms. The van der Waals surface area contributed by atoms with Crippen LogP contribution in [-0.2, 0) is 9.53 Å². The number of likely N-dealkylation sites (tertiary alicyclic amines) is 1. The number of nitrogens with one attached hydrogen (secondary N) is 1. The molecular formula is C18H26NO5+. The van der Waals surface area contributed by atoms with Gasteiger partial charge in [0.25, 0.3) is 0 Å². The van der Waals surface area contributed by atoms with Crippen molar-refractivity contribution in [3.8, 4) is 5.75 Å². The lowest BCUT2D eigenvalue weighted by Gasteiger charge is -2.29. The van der Waals surface area contributed by atoms with E-state index in [4.69, 9.17) is 9.47 Å². The summed E-state index contributed by atoms with van der Waals surface area (Å²) in [7, 11) is 1.42. The van der Waals surface area contributed by atoms with Gasteiger partial charge in [-0.15, -0.1) is 0 Å². The zero-order valence-corrected chi connectivity index (χ0v) is 14.3. The molecule has 1 heterocycles. The number of quaternary nitrogens is 1. The van der Waals surface area contributed by atoms with Gasteiger partial charge in [-0.1, -0.05) is 12.1 Å². The van der Waals surface area contributed by atoms with E-state index in [0.29, 0.717) is 17.9 Å². The maximum Gasteiger partial charge on any atom is 0.309 e. The average Bonchev–Trinajstić information content (AvgIpc) is 2.60. The van der Waals surface area contributed by atoms with Crippen LogP contribution < -0.4 is 9.64 Å². The third-order valence-electron chi connectivity index (χ3n) is 4.43. The Kier molecular flexibility index (Phi) is 6.75. The van der Waals surface area contributed by atoms with Crippen molar-refractivity contribution in [3.63, 3.8) is 0 Å². The van der Waals surface area contributed by atoms with E-state index in [1.165, 1.54) is 18.9 Å². The Morgan fingerprint density at radius 3 is 2.67 bits per heavy atom. The molecule has 0 amide bonds. The van der Waals surface area contributed by atoms with Gasteiger partial charge in [0, 0.05) is 18.4 Å². The van der Waals surface area contributed by atoms with Crippen molar-refractivity contribution >= 4 is 11.8 Å². The van der Waals surface area contributed by atoms with Gasteiger partial charge in [0.1, 0.15) is 25.0 Å². The van der Waals surface area contributed by atoms with Crippen LogP contribution in [0.4, 0.5) is 0 Å². The van der Waals surface area contributed by atoms with Crippen molar-refractivity contribution in [1.82, 2.24) is 0 Å². The van der Waals surface area contributed by atoms with Crippen LogP contribution >= 0.6 is 0 Å². The number of Topliss-reactive ketones (excluding diaryl/α,β-unsaturated/α-hetero) is 1. The molecule has 1 aliphatic rings. The number of carbonyl (C=O) groups excluding carboxylic acids is 2. The molecule has 0 aromatic heterocycles. The summed E-state index contributed by atoms with van der Waals surface area (Å²) < 4.78 is 10.4. The molecule has 0 saturated carbocycles. The van der Waals surface area contributed by atoms with E-state index in [1.54, 1.807) is 24.3 Å². The quantitative estimate of drug-likeness (QED) is 0.545. The summed E-state index contributed by atoms with van der Waals surface area (Å²) in [6, 6.07) is 6.96. The van der Waals surface area contributed by atoms with E-state index in [-0.39, 0.29) is 24.3 Å². The second kappa shape index (κ2) is 8.80. The molecule has 1 fully saturated rings. The molecule has 1 aromatic carbocycles. The molecule has 132 valence electrons. The summed E-state index contributed by atoms with van der Waals surface area (Å²) in [5, 5.41) is 10.2. The van der Waals surface area contributed by atoms with Crippen LogP contribution in [0.15, 0.2) is 24.3 Å². The number of piperidine rings is 1. The number of carbonyl (C=O) groups is 2. The van der Waals surface area contributed by atoms with Crippen LogP contribution in [0.5, 0.6) is 5.75 Å². The SMILES string of the molecule is COC(=O)C1CC[NH+](C[C@@H](O)COc2cccc(C(C)=O)c2)CC1. The predicted molar refractivity (Wildman–Crippen MR) is 88.3 cm³/mol. The number of rotatable bonds is 7. The van der Waals surface area contributed by atoms with Gasteiger partial charge >= 0.3 is 5.97 Å². The van der Waals surface area contributed by atoms with E-state index >= 15 is 0 Å². The highest BCUT2D eigenvalue weighted by Gasteiger charge is 2.29. The highest BCUT2D eigenvalue weighted by atomic mass is 16.5. The fourth-order valence-corrected chi connectivity index (χ4v) is 3.02. The first kappa shape index (κ1) is 18.4. The van der Waals surface area contributed by atoms with Crippen LogP contribution in [0.2, 0.25) is 0 Å². The van der Waals surface area contributed by atoms with Crippen LogP contribution in [0, 0.1) is 5.92 Å². The zero-order valence-electron chi connectivity index (χ0n) is 14.3. The highest BCUT2D eigenvalue weighted by Crippen LogP contribution is 2.14. The summed E-state index contributed by atoms with van der Waals surface area (Å²) in [5.74, 6) is 0.421. The minimum atomic E-state index is -0.587.